The van der Waals surface area contributed by atoms with Crippen molar-refractivity contribution < 1.29 is 14.6 Å². The van der Waals surface area contributed by atoms with Gasteiger partial charge in [-0.2, -0.15) is 0 Å². The van der Waals surface area contributed by atoms with Gasteiger partial charge in [-0.15, -0.1) is 0 Å². The van der Waals surface area contributed by atoms with E-state index in [1.807, 2.05) is 31.5 Å². The number of nitrogens with zero attached hydrogens (tertiary/aromatic N) is 4. The number of hydrogen-bond donors (Lipinski definition) is 1. The van der Waals surface area contributed by atoms with E-state index < -0.39 is 6.10 Å². The van der Waals surface area contributed by atoms with E-state index in [0.29, 0.717) is 18.0 Å². The minimum Gasteiger partial charge on any atom is -0.493 e. The molecule has 1 N–H and O–H groups in total. The van der Waals surface area contributed by atoms with Gasteiger partial charge in [0.1, 0.15) is 18.5 Å². The van der Waals surface area contributed by atoms with Gasteiger partial charge in [0.25, 0.3) is 0 Å². The van der Waals surface area contributed by atoms with E-state index in [1.165, 1.54) is 32.1 Å². The van der Waals surface area contributed by atoms with Gasteiger partial charge in [0.05, 0.1) is 7.11 Å². The number of methoxy groups -OCH3 is 1. The summed E-state index contributed by atoms with van der Waals surface area (Å²) in [5.74, 6) is 2.42. The monoisotopic (exact) mass is 444 g/mol. The molecule has 7 heteroatoms. The predicted octanol–water partition coefficient (Wildman–Crippen LogP) is 3.34. The lowest BCUT2D eigenvalue weighted by Crippen LogP contribution is -2.37. The largest absolute Gasteiger partial charge is 0.493 e. The number of aliphatic hydroxyl groups is 1. The first-order valence-corrected chi connectivity index (χ1v) is 11.9. The van der Waals surface area contributed by atoms with Crippen LogP contribution in [0, 0.1) is 6.92 Å². The molecule has 1 aliphatic heterocycles. The Balaban J connectivity index is 1.50. The van der Waals surface area contributed by atoms with Crippen LogP contribution < -0.4 is 9.47 Å². The van der Waals surface area contributed by atoms with Crippen molar-refractivity contribution in [3.63, 3.8) is 0 Å². The zero-order valence-corrected chi connectivity index (χ0v) is 20.0. The normalized spacial score (nSPS) is 16.5. The summed E-state index contributed by atoms with van der Waals surface area (Å²) < 4.78 is 13.7. The average Bonchev–Trinajstić information content (AvgIpc) is 3.17. The summed E-state index contributed by atoms with van der Waals surface area (Å²) in [4.78, 5) is 8.93. The Morgan fingerprint density at radius 3 is 2.56 bits per heavy atom. The summed E-state index contributed by atoms with van der Waals surface area (Å²) in [5.41, 5.74) is 1.16. The lowest BCUT2D eigenvalue weighted by atomic mass is 10.1. The zero-order chi connectivity index (χ0) is 22.8. The van der Waals surface area contributed by atoms with Gasteiger partial charge in [-0.05, 0) is 57.6 Å². The number of aryl methyl sites for hydroxylation is 1. The zero-order valence-electron chi connectivity index (χ0n) is 20.0. The Hall–Kier alpha value is -2.09. The molecule has 3 rings (SSSR count). The fraction of sp³-hybridized carbons (Fsp3) is 0.640. The van der Waals surface area contributed by atoms with Crippen LogP contribution in [0.25, 0.3) is 0 Å². The van der Waals surface area contributed by atoms with Gasteiger partial charge >= 0.3 is 0 Å². The lowest BCUT2D eigenvalue weighted by Gasteiger charge is -2.27. The maximum Gasteiger partial charge on any atom is 0.161 e. The van der Waals surface area contributed by atoms with Crippen LogP contribution in [0.3, 0.4) is 0 Å². The number of rotatable bonds is 11. The Morgan fingerprint density at radius 2 is 1.88 bits per heavy atom. The summed E-state index contributed by atoms with van der Waals surface area (Å²) >= 11 is 0. The second kappa shape index (κ2) is 12.8. The molecule has 0 spiro atoms. The van der Waals surface area contributed by atoms with Gasteiger partial charge in [-0.3, -0.25) is 0 Å². The topological polar surface area (TPSA) is 63.0 Å². The van der Waals surface area contributed by atoms with Crippen molar-refractivity contribution in [1.82, 2.24) is 19.4 Å². The smallest absolute Gasteiger partial charge is 0.161 e. The van der Waals surface area contributed by atoms with E-state index in [1.54, 1.807) is 7.11 Å². The SMILES string of the molecule is COc1ccc(CN(C)CCn2ccnc2C)cc1OCC(O)CN1CCCCCCC1. The second-order valence-electron chi connectivity index (χ2n) is 8.92. The van der Waals surface area contributed by atoms with Crippen molar-refractivity contribution >= 4 is 0 Å². The molecule has 178 valence electrons. The molecule has 0 bridgehead atoms. The van der Waals surface area contributed by atoms with Crippen LogP contribution in [-0.2, 0) is 13.1 Å². The van der Waals surface area contributed by atoms with Crippen LogP contribution in [0.5, 0.6) is 11.5 Å². The first-order chi connectivity index (χ1) is 15.5. The molecule has 0 amide bonds. The molecule has 1 saturated heterocycles. The number of aromatic nitrogens is 2. The summed E-state index contributed by atoms with van der Waals surface area (Å²) in [6.45, 7) is 7.74. The van der Waals surface area contributed by atoms with Gasteiger partial charge in [0.2, 0.25) is 0 Å². The van der Waals surface area contributed by atoms with Gasteiger partial charge in [-0.1, -0.05) is 25.3 Å². The van der Waals surface area contributed by atoms with E-state index in [0.717, 1.165) is 44.1 Å². The van der Waals surface area contributed by atoms with Gasteiger partial charge < -0.3 is 28.9 Å². The lowest BCUT2D eigenvalue weighted by molar-refractivity contribution is 0.0644. The summed E-state index contributed by atoms with van der Waals surface area (Å²) in [7, 11) is 3.77. The van der Waals surface area contributed by atoms with E-state index in [4.69, 9.17) is 9.47 Å². The number of aliphatic hydroxyl groups excluding tert-OH is 1. The third kappa shape index (κ3) is 7.80. The molecule has 7 nitrogen and oxygen atoms in total. The van der Waals surface area contributed by atoms with Gasteiger partial charge in [0, 0.05) is 38.6 Å². The van der Waals surface area contributed by atoms with Crippen LogP contribution in [-0.4, -0.2) is 77.5 Å². The van der Waals surface area contributed by atoms with E-state index in [-0.39, 0.29) is 6.61 Å². The first kappa shape index (κ1) is 24.6. The maximum absolute atomic E-state index is 10.6. The Kier molecular flexibility index (Phi) is 9.84. The molecule has 1 fully saturated rings. The van der Waals surface area contributed by atoms with Crippen molar-refractivity contribution in [3.8, 4) is 11.5 Å². The third-order valence-corrected chi connectivity index (χ3v) is 6.18. The van der Waals surface area contributed by atoms with Crippen molar-refractivity contribution in [2.24, 2.45) is 0 Å². The molecule has 2 heterocycles. The molecule has 1 aliphatic rings. The molecule has 32 heavy (non-hydrogen) atoms. The molecule has 1 atom stereocenters. The Labute approximate surface area is 193 Å². The highest BCUT2D eigenvalue weighted by Crippen LogP contribution is 2.28. The minimum absolute atomic E-state index is 0.270. The number of β-amino-alcohol motifs (C(OH)–C–C–N with tert-alkyl or cyclic N) is 1. The molecule has 1 aromatic carbocycles. The fourth-order valence-corrected chi connectivity index (χ4v) is 4.27. The molecule has 0 saturated carbocycles. The highest BCUT2D eigenvalue weighted by atomic mass is 16.5. The van der Waals surface area contributed by atoms with Crippen LogP contribution in [0.2, 0.25) is 0 Å². The molecule has 2 aromatic rings. The second-order valence-corrected chi connectivity index (χ2v) is 8.92. The van der Waals surface area contributed by atoms with Crippen molar-refractivity contribution in [2.45, 2.75) is 58.2 Å². The molecule has 0 radical (unpaired) electrons. The third-order valence-electron chi connectivity index (χ3n) is 6.18. The Morgan fingerprint density at radius 1 is 1.12 bits per heavy atom. The van der Waals surface area contributed by atoms with E-state index in [9.17, 15) is 5.11 Å². The van der Waals surface area contributed by atoms with Crippen LogP contribution in [0.4, 0.5) is 0 Å². The number of ether oxygens (including phenoxy) is 2. The highest BCUT2D eigenvalue weighted by molar-refractivity contribution is 5.43. The molecule has 0 aliphatic carbocycles. The van der Waals surface area contributed by atoms with Crippen molar-refractivity contribution in [1.29, 1.82) is 0 Å². The van der Waals surface area contributed by atoms with Crippen LogP contribution in [0.15, 0.2) is 30.6 Å². The summed E-state index contributed by atoms with van der Waals surface area (Å²) in [5, 5.41) is 10.6. The summed E-state index contributed by atoms with van der Waals surface area (Å²) in [6, 6.07) is 6.05. The first-order valence-electron chi connectivity index (χ1n) is 11.9. The molecule has 1 unspecified atom stereocenters. The van der Waals surface area contributed by atoms with Crippen LogP contribution >= 0.6 is 0 Å². The number of likely N-dealkylation sites (N-methyl/N-ethyl adjacent to an activating group) is 1. The van der Waals surface area contributed by atoms with Gasteiger partial charge in [0.15, 0.2) is 11.5 Å². The van der Waals surface area contributed by atoms with Gasteiger partial charge in [-0.25, -0.2) is 4.98 Å². The average molecular weight is 445 g/mol. The maximum atomic E-state index is 10.6. The number of hydrogen-bond acceptors (Lipinski definition) is 6. The summed E-state index contributed by atoms with van der Waals surface area (Å²) in [6.07, 6.45) is 9.71. The van der Waals surface area contributed by atoms with Crippen LogP contribution in [0.1, 0.15) is 43.5 Å². The number of imidazole rings is 1. The molecule has 1 aromatic heterocycles. The van der Waals surface area contributed by atoms with Crippen molar-refractivity contribution in [2.75, 3.05) is 46.9 Å². The van der Waals surface area contributed by atoms with E-state index >= 15 is 0 Å². The molecular weight excluding hydrogens is 404 g/mol. The number of likely N-dealkylation sites (tertiary alicyclic amines) is 1. The molecular formula is C25H40N4O3. The predicted molar refractivity (Wildman–Crippen MR) is 127 cm³/mol. The van der Waals surface area contributed by atoms with Crippen molar-refractivity contribution in [3.05, 3.63) is 42.0 Å². The number of benzene rings is 1. The van der Waals surface area contributed by atoms with E-state index in [2.05, 4.69) is 32.5 Å². The highest BCUT2D eigenvalue weighted by Gasteiger charge is 2.15. The minimum atomic E-state index is -0.510. The quantitative estimate of drug-likeness (QED) is 0.574. The fourth-order valence-electron chi connectivity index (χ4n) is 4.27. The Bertz CT molecular complexity index is 802. The standard InChI is InChI=1S/C25H40N4O3/c1-21-26-11-14-29(21)16-15-27(2)18-22-9-10-24(31-3)25(17-22)32-20-23(30)19-28-12-7-5-4-6-8-13-28/h9-11,14,17,23,30H,4-8,12-13,15-16,18-20H2,1-3H3.